The van der Waals surface area contributed by atoms with E-state index in [-0.39, 0.29) is 17.9 Å². The number of aromatic nitrogens is 2. The van der Waals surface area contributed by atoms with E-state index in [9.17, 15) is 4.79 Å². The maximum absolute atomic E-state index is 13.0. The molecule has 0 fully saturated rings. The van der Waals surface area contributed by atoms with Gasteiger partial charge in [-0.1, -0.05) is 47.5 Å². The Kier molecular flexibility index (Phi) is 5.90. The first-order valence-electron chi connectivity index (χ1n) is 9.73. The van der Waals surface area contributed by atoms with Gasteiger partial charge in [-0.05, 0) is 48.4 Å². The van der Waals surface area contributed by atoms with Crippen molar-refractivity contribution in [3.05, 3.63) is 93.0 Å². The monoisotopic (exact) mass is 453 g/mol. The van der Waals surface area contributed by atoms with Gasteiger partial charge in [-0.25, -0.2) is 0 Å². The number of hydrogen-bond acceptors (Lipinski definition) is 3. The summed E-state index contributed by atoms with van der Waals surface area (Å²) in [5.41, 5.74) is 4.56. The van der Waals surface area contributed by atoms with Gasteiger partial charge in [0.25, 0.3) is 0 Å². The first kappa shape index (κ1) is 21.2. The molecule has 0 bridgehead atoms. The molecule has 0 aliphatic rings. The lowest BCUT2D eigenvalue weighted by atomic mass is 10.1. The minimum absolute atomic E-state index is 0.0143. The van der Waals surface area contributed by atoms with Gasteiger partial charge in [-0.15, -0.1) is 0 Å². The zero-order chi connectivity index (χ0) is 22.1. The predicted octanol–water partition coefficient (Wildman–Crippen LogP) is 5.48. The third-order valence-electron chi connectivity index (χ3n) is 5.41. The first-order valence-corrected chi connectivity index (χ1v) is 10.5. The van der Waals surface area contributed by atoms with Crippen molar-refractivity contribution in [2.45, 2.75) is 20.0 Å². The first-order chi connectivity index (χ1) is 14.9. The number of Topliss-reactive ketones (excluding diaryl/α,β-unsaturated/α-hetero) is 1. The number of carbonyl (C=O) groups excluding carboxylic acids is 1. The average Bonchev–Trinajstić information content (AvgIpc) is 3.02. The van der Waals surface area contributed by atoms with Gasteiger partial charge < -0.3 is 13.9 Å². The van der Waals surface area contributed by atoms with Gasteiger partial charge in [-0.3, -0.25) is 10.2 Å². The van der Waals surface area contributed by atoms with Crippen molar-refractivity contribution in [2.24, 2.45) is 0 Å². The third-order valence-corrected chi connectivity index (χ3v) is 6.15. The van der Waals surface area contributed by atoms with Crippen molar-refractivity contribution < 1.29 is 9.53 Å². The number of halogens is 2. The van der Waals surface area contributed by atoms with Gasteiger partial charge in [-0.2, -0.15) is 0 Å². The summed E-state index contributed by atoms with van der Waals surface area (Å²) in [5.74, 6) is 0.543. The summed E-state index contributed by atoms with van der Waals surface area (Å²) in [6.45, 7) is 2.58. The van der Waals surface area contributed by atoms with Crippen LogP contribution in [0.15, 0.2) is 60.7 Å². The van der Waals surface area contributed by atoms with E-state index in [1.165, 1.54) is 0 Å². The van der Waals surface area contributed by atoms with Crippen LogP contribution in [-0.2, 0) is 13.1 Å². The molecule has 0 aliphatic heterocycles. The second-order valence-electron chi connectivity index (χ2n) is 7.33. The smallest absolute Gasteiger partial charge is 0.203 e. The van der Waals surface area contributed by atoms with Crippen LogP contribution < -0.4 is 10.4 Å². The number of methoxy groups -OCH3 is 1. The summed E-state index contributed by atoms with van der Waals surface area (Å²) in [7, 11) is 1.61. The zero-order valence-electron chi connectivity index (χ0n) is 17.2. The fraction of sp³-hybridized carbons (Fsp3) is 0.167. The van der Waals surface area contributed by atoms with Crippen molar-refractivity contribution in [1.82, 2.24) is 9.13 Å². The molecule has 1 aromatic heterocycles. The third kappa shape index (κ3) is 4.11. The van der Waals surface area contributed by atoms with Crippen LogP contribution in [0, 0.1) is 12.3 Å². The van der Waals surface area contributed by atoms with E-state index in [4.69, 9.17) is 33.3 Å². The van der Waals surface area contributed by atoms with Gasteiger partial charge in [0, 0.05) is 11.6 Å². The van der Waals surface area contributed by atoms with Crippen LogP contribution in [0.5, 0.6) is 5.75 Å². The highest BCUT2D eigenvalue weighted by atomic mass is 35.5. The molecule has 0 saturated heterocycles. The largest absolute Gasteiger partial charge is 0.497 e. The van der Waals surface area contributed by atoms with Crippen molar-refractivity contribution in [1.29, 1.82) is 5.41 Å². The number of carbonyl (C=O) groups is 1. The molecule has 5 nitrogen and oxygen atoms in total. The number of ether oxygens (including phenoxy) is 1. The number of nitrogens with zero attached hydrogens (tertiary/aromatic N) is 2. The molecule has 0 amide bonds. The molecule has 0 aliphatic carbocycles. The summed E-state index contributed by atoms with van der Waals surface area (Å²) < 4.78 is 8.99. The second kappa shape index (κ2) is 8.61. The minimum Gasteiger partial charge on any atom is -0.497 e. The van der Waals surface area contributed by atoms with Gasteiger partial charge in [0.15, 0.2) is 5.78 Å². The van der Waals surface area contributed by atoms with Crippen LogP contribution >= 0.6 is 23.2 Å². The van der Waals surface area contributed by atoms with Crippen LogP contribution in [0.25, 0.3) is 11.0 Å². The number of aryl methyl sites for hydroxylation is 1. The van der Waals surface area contributed by atoms with Crippen LogP contribution in [0.4, 0.5) is 0 Å². The Bertz CT molecular complexity index is 1350. The van der Waals surface area contributed by atoms with Crippen molar-refractivity contribution in [2.75, 3.05) is 7.11 Å². The molecule has 0 radical (unpaired) electrons. The highest BCUT2D eigenvalue weighted by Crippen LogP contribution is 2.24. The number of ketones is 1. The molecule has 3 aromatic carbocycles. The minimum atomic E-state index is -0.150. The molecule has 7 heteroatoms. The average molecular weight is 454 g/mol. The molecule has 1 heterocycles. The molecule has 158 valence electrons. The molecule has 0 spiro atoms. The Morgan fingerprint density at radius 3 is 2.45 bits per heavy atom. The topological polar surface area (TPSA) is 60.0 Å². The van der Waals surface area contributed by atoms with Crippen molar-refractivity contribution in [3.63, 3.8) is 0 Å². The molecule has 1 N–H and O–H groups in total. The number of nitrogens with one attached hydrogen (secondary N) is 1. The SMILES string of the molecule is COc1ccc2c(c1)n(Cc1ccccc1C)c(=N)n2CC(=O)c1ccc(Cl)c(Cl)c1. The standard InChI is InChI=1S/C24H21Cl2N3O2/c1-15-5-3-4-6-17(15)13-28-22-12-18(31-2)8-10-21(22)29(24(28)27)14-23(30)16-7-9-19(25)20(26)11-16/h3-12,27H,13-14H2,1-2H3. The van der Waals surface area contributed by atoms with Crippen LogP contribution in [0.3, 0.4) is 0 Å². The summed E-state index contributed by atoms with van der Waals surface area (Å²) in [4.78, 5) is 13.0. The Morgan fingerprint density at radius 2 is 1.74 bits per heavy atom. The van der Waals surface area contributed by atoms with E-state index >= 15 is 0 Å². The Hall–Kier alpha value is -3.02. The molecule has 4 aromatic rings. The molecule has 0 unspecified atom stereocenters. The van der Waals surface area contributed by atoms with E-state index in [0.29, 0.717) is 27.9 Å². The highest BCUT2D eigenvalue weighted by molar-refractivity contribution is 6.42. The highest BCUT2D eigenvalue weighted by Gasteiger charge is 2.17. The summed E-state index contributed by atoms with van der Waals surface area (Å²) in [6.07, 6.45) is 0. The van der Waals surface area contributed by atoms with Crippen LogP contribution in [-0.4, -0.2) is 22.0 Å². The van der Waals surface area contributed by atoms with E-state index in [1.807, 2.05) is 54.0 Å². The van der Waals surface area contributed by atoms with Gasteiger partial charge in [0.05, 0.1) is 41.3 Å². The van der Waals surface area contributed by atoms with E-state index in [2.05, 4.69) is 0 Å². The lowest BCUT2D eigenvalue weighted by molar-refractivity contribution is 0.0971. The number of imidazole rings is 1. The lowest BCUT2D eigenvalue weighted by Gasteiger charge is -2.08. The Morgan fingerprint density at radius 1 is 0.968 bits per heavy atom. The van der Waals surface area contributed by atoms with Crippen LogP contribution in [0.1, 0.15) is 21.5 Å². The molecular weight excluding hydrogens is 433 g/mol. The quantitative estimate of drug-likeness (QED) is 0.393. The molecular formula is C24H21Cl2N3O2. The van der Waals surface area contributed by atoms with Crippen LogP contribution in [0.2, 0.25) is 10.0 Å². The zero-order valence-corrected chi connectivity index (χ0v) is 18.7. The Balaban J connectivity index is 1.81. The van der Waals surface area contributed by atoms with Gasteiger partial charge in [0.1, 0.15) is 5.75 Å². The Labute approximate surface area is 189 Å². The van der Waals surface area contributed by atoms with Crippen molar-refractivity contribution >= 4 is 40.0 Å². The number of hydrogen-bond donors (Lipinski definition) is 1. The second-order valence-corrected chi connectivity index (χ2v) is 8.14. The van der Waals surface area contributed by atoms with E-state index in [0.717, 1.165) is 22.2 Å². The van der Waals surface area contributed by atoms with Crippen molar-refractivity contribution in [3.8, 4) is 5.75 Å². The number of benzene rings is 3. The fourth-order valence-electron chi connectivity index (χ4n) is 3.63. The van der Waals surface area contributed by atoms with E-state index < -0.39 is 0 Å². The molecule has 4 rings (SSSR count). The summed E-state index contributed by atoms with van der Waals surface area (Å²) in [5, 5.41) is 9.57. The molecule has 31 heavy (non-hydrogen) atoms. The number of fused-ring (bicyclic) bond motifs is 1. The van der Waals surface area contributed by atoms with Gasteiger partial charge in [0.2, 0.25) is 5.62 Å². The maximum Gasteiger partial charge on any atom is 0.203 e. The summed E-state index contributed by atoms with van der Waals surface area (Å²) in [6, 6.07) is 18.5. The normalized spacial score (nSPS) is 11.1. The predicted molar refractivity (Wildman–Crippen MR) is 123 cm³/mol. The lowest BCUT2D eigenvalue weighted by Crippen LogP contribution is -2.27. The number of rotatable bonds is 6. The molecule has 0 saturated carbocycles. The van der Waals surface area contributed by atoms with E-state index in [1.54, 1.807) is 29.9 Å². The fourth-order valence-corrected chi connectivity index (χ4v) is 3.93. The molecule has 0 atom stereocenters. The van der Waals surface area contributed by atoms with Gasteiger partial charge >= 0.3 is 0 Å². The summed E-state index contributed by atoms with van der Waals surface area (Å²) >= 11 is 12.1. The maximum atomic E-state index is 13.0.